The van der Waals surface area contributed by atoms with E-state index in [9.17, 15) is 22.8 Å². The summed E-state index contributed by atoms with van der Waals surface area (Å²) in [5.74, 6) is -2.96. The lowest BCUT2D eigenvalue weighted by Crippen LogP contribution is -2.30. The van der Waals surface area contributed by atoms with Crippen molar-refractivity contribution in [3.8, 4) is 0 Å². The molecule has 0 bridgehead atoms. The fourth-order valence-corrected chi connectivity index (χ4v) is 4.59. The zero-order valence-corrected chi connectivity index (χ0v) is 15.1. The Kier molecular flexibility index (Phi) is 4.71. The molecule has 1 heterocycles. The zero-order chi connectivity index (χ0) is 19.8. The van der Waals surface area contributed by atoms with Gasteiger partial charge in [0.15, 0.2) is 0 Å². The number of benzene rings is 2. The van der Waals surface area contributed by atoms with Crippen molar-refractivity contribution in [2.75, 3.05) is 15.4 Å². The molecule has 8 nitrogen and oxygen atoms in total. The van der Waals surface area contributed by atoms with Crippen molar-refractivity contribution in [3.05, 3.63) is 59.7 Å². The highest BCUT2D eigenvalue weighted by molar-refractivity contribution is 7.94. The molecular formula is C18H16N2O6S. The van der Waals surface area contributed by atoms with Crippen LogP contribution in [0.2, 0.25) is 0 Å². The number of nitrogens with one attached hydrogen (secondary N) is 1. The molecule has 1 aliphatic heterocycles. The third kappa shape index (κ3) is 3.68. The summed E-state index contributed by atoms with van der Waals surface area (Å²) in [5, 5.41) is 11.6. The van der Waals surface area contributed by atoms with E-state index in [0.717, 1.165) is 4.31 Å². The molecule has 9 heteroatoms. The van der Waals surface area contributed by atoms with Gasteiger partial charge in [0.1, 0.15) is 0 Å². The second-order valence-corrected chi connectivity index (χ2v) is 8.03. The highest BCUT2D eigenvalue weighted by Gasteiger charge is 2.41. The smallest absolute Gasteiger partial charge is 0.335 e. The van der Waals surface area contributed by atoms with Gasteiger partial charge in [-0.3, -0.25) is 9.59 Å². The average molecular weight is 388 g/mol. The Morgan fingerprint density at radius 1 is 1.11 bits per heavy atom. The molecule has 1 atom stereocenters. The van der Waals surface area contributed by atoms with Gasteiger partial charge in [-0.25, -0.2) is 17.5 Å². The molecule has 140 valence electrons. The lowest BCUT2D eigenvalue weighted by atomic mass is 10.1. The summed E-state index contributed by atoms with van der Waals surface area (Å²) < 4.78 is 25.0. The summed E-state index contributed by atoms with van der Waals surface area (Å²) in [7, 11) is -3.71. The lowest BCUT2D eigenvalue weighted by molar-refractivity contribution is -0.119. The molecule has 2 N–H and O–H groups in total. The number of anilines is 2. The van der Waals surface area contributed by atoms with Crippen LogP contribution in [0.4, 0.5) is 11.4 Å². The van der Waals surface area contributed by atoms with Gasteiger partial charge >= 0.3 is 5.97 Å². The maximum atomic E-state index is 12.3. The predicted octanol–water partition coefficient (Wildman–Crippen LogP) is 1.95. The van der Waals surface area contributed by atoms with Crippen LogP contribution in [0.1, 0.15) is 27.6 Å². The van der Waals surface area contributed by atoms with Crippen molar-refractivity contribution < 1.29 is 27.9 Å². The van der Waals surface area contributed by atoms with Gasteiger partial charge in [-0.05, 0) is 42.5 Å². The van der Waals surface area contributed by atoms with E-state index in [1.807, 2.05) is 0 Å². The summed E-state index contributed by atoms with van der Waals surface area (Å²) in [4.78, 5) is 35.4. The summed E-state index contributed by atoms with van der Waals surface area (Å²) in [6.45, 7) is 1.55. The Morgan fingerprint density at radius 3 is 2.33 bits per heavy atom. The summed E-state index contributed by atoms with van der Waals surface area (Å²) >= 11 is 0. The molecule has 1 saturated heterocycles. The molecular weight excluding hydrogens is 372 g/mol. The van der Waals surface area contributed by atoms with E-state index in [0.29, 0.717) is 5.69 Å². The molecule has 0 aromatic heterocycles. The van der Waals surface area contributed by atoms with Crippen molar-refractivity contribution in [2.24, 2.45) is 5.92 Å². The van der Waals surface area contributed by atoms with E-state index < -0.39 is 33.7 Å². The van der Waals surface area contributed by atoms with Gasteiger partial charge in [0, 0.05) is 11.3 Å². The van der Waals surface area contributed by atoms with Crippen molar-refractivity contribution in [1.29, 1.82) is 0 Å². The van der Waals surface area contributed by atoms with Gasteiger partial charge in [0.2, 0.25) is 15.9 Å². The van der Waals surface area contributed by atoms with Gasteiger partial charge in [-0.2, -0.15) is 0 Å². The first-order valence-corrected chi connectivity index (χ1v) is 9.61. The first kappa shape index (κ1) is 18.6. The van der Waals surface area contributed by atoms with Crippen molar-refractivity contribution in [2.45, 2.75) is 6.92 Å². The summed E-state index contributed by atoms with van der Waals surface area (Å²) in [6.07, 6.45) is 0. The Bertz CT molecular complexity index is 1030. The minimum Gasteiger partial charge on any atom is -0.478 e. The molecule has 2 aromatic rings. The fourth-order valence-electron chi connectivity index (χ4n) is 2.77. The Morgan fingerprint density at radius 2 is 1.78 bits per heavy atom. The fraction of sp³-hybridized carbons (Fsp3) is 0.167. The number of carbonyl (C=O) groups excluding carboxylic acids is 2. The minimum absolute atomic E-state index is 0.0371. The van der Waals surface area contributed by atoms with E-state index in [-0.39, 0.29) is 22.6 Å². The molecule has 3 rings (SSSR count). The van der Waals surface area contributed by atoms with Crippen LogP contribution >= 0.6 is 0 Å². The average Bonchev–Trinajstić information content (AvgIpc) is 2.82. The van der Waals surface area contributed by atoms with Crippen molar-refractivity contribution in [3.63, 3.8) is 0 Å². The molecule has 0 radical (unpaired) electrons. The summed E-state index contributed by atoms with van der Waals surface area (Å²) in [5.41, 5.74) is 0.760. The van der Waals surface area contributed by atoms with Crippen LogP contribution in [0.25, 0.3) is 0 Å². The Labute approximate surface area is 155 Å². The number of hydrogen-bond donors (Lipinski definition) is 2. The number of carboxylic acid groups (broad SMARTS) is 1. The predicted molar refractivity (Wildman–Crippen MR) is 98.2 cm³/mol. The SMILES string of the molecule is C[C@@H]1CS(=O)(=O)N(c2ccc(C(=O)Nc3cccc(C(=O)O)c3)cc2)C1=O. The highest BCUT2D eigenvalue weighted by atomic mass is 32.2. The molecule has 2 amide bonds. The first-order chi connectivity index (χ1) is 12.7. The van der Waals surface area contributed by atoms with Crippen LogP contribution in [-0.2, 0) is 14.8 Å². The number of carbonyl (C=O) groups is 3. The van der Waals surface area contributed by atoms with Crippen molar-refractivity contribution >= 4 is 39.2 Å². The lowest BCUT2D eigenvalue weighted by Gasteiger charge is -2.15. The van der Waals surface area contributed by atoms with E-state index in [1.54, 1.807) is 13.0 Å². The van der Waals surface area contributed by atoms with Crippen LogP contribution in [0.5, 0.6) is 0 Å². The molecule has 1 aliphatic rings. The third-order valence-electron chi connectivity index (χ3n) is 4.09. The zero-order valence-electron chi connectivity index (χ0n) is 14.2. The number of carboxylic acids is 1. The minimum atomic E-state index is -3.71. The van der Waals surface area contributed by atoms with Gasteiger partial charge in [0.05, 0.1) is 22.9 Å². The van der Waals surface area contributed by atoms with Crippen LogP contribution in [0.15, 0.2) is 48.5 Å². The third-order valence-corrected chi connectivity index (χ3v) is 5.96. The van der Waals surface area contributed by atoms with E-state index in [2.05, 4.69) is 5.32 Å². The second kappa shape index (κ2) is 6.84. The standard InChI is InChI=1S/C18H16N2O6S/c1-11-10-27(25,26)20(17(11)22)15-7-5-12(6-8-15)16(21)19-14-4-2-3-13(9-14)18(23)24/h2-9,11H,10H2,1H3,(H,19,21)(H,23,24)/t11-/m1/s1. The quantitative estimate of drug-likeness (QED) is 0.826. The molecule has 0 aliphatic carbocycles. The van der Waals surface area contributed by atoms with Crippen LogP contribution in [-0.4, -0.2) is 37.1 Å². The number of hydrogen-bond acceptors (Lipinski definition) is 5. The van der Waals surface area contributed by atoms with Crippen LogP contribution < -0.4 is 9.62 Å². The Hall–Kier alpha value is -3.20. The van der Waals surface area contributed by atoms with Gasteiger partial charge in [-0.1, -0.05) is 13.0 Å². The molecule has 1 fully saturated rings. The van der Waals surface area contributed by atoms with E-state index in [4.69, 9.17) is 5.11 Å². The molecule has 0 saturated carbocycles. The van der Waals surface area contributed by atoms with E-state index >= 15 is 0 Å². The number of aromatic carboxylic acids is 1. The largest absolute Gasteiger partial charge is 0.478 e. The number of sulfonamides is 1. The monoisotopic (exact) mass is 388 g/mol. The molecule has 0 spiro atoms. The van der Waals surface area contributed by atoms with Crippen LogP contribution in [0.3, 0.4) is 0 Å². The van der Waals surface area contributed by atoms with Gasteiger partial charge < -0.3 is 10.4 Å². The van der Waals surface area contributed by atoms with Crippen molar-refractivity contribution in [1.82, 2.24) is 0 Å². The highest BCUT2D eigenvalue weighted by Crippen LogP contribution is 2.28. The molecule has 0 unspecified atom stereocenters. The molecule has 2 aromatic carbocycles. The van der Waals surface area contributed by atoms with Crippen LogP contribution in [0, 0.1) is 5.92 Å². The maximum Gasteiger partial charge on any atom is 0.335 e. The normalized spacial score (nSPS) is 18.3. The number of nitrogens with zero attached hydrogens (tertiary/aromatic N) is 1. The van der Waals surface area contributed by atoms with E-state index in [1.165, 1.54) is 42.5 Å². The topological polar surface area (TPSA) is 121 Å². The number of rotatable bonds is 4. The molecule has 27 heavy (non-hydrogen) atoms. The second-order valence-electron chi connectivity index (χ2n) is 6.17. The summed E-state index contributed by atoms with van der Waals surface area (Å²) in [6, 6.07) is 11.4. The Balaban J connectivity index is 1.79. The van der Waals surface area contributed by atoms with Gasteiger partial charge in [-0.15, -0.1) is 0 Å². The first-order valence-electron chi connectivity index (χ1n) is 8.00. The maximum absolute atomic E-state index is 12.3. The number of amides is 2. The van der Waals surface area contributed by atoms with Gasteiger partial charge in [0.25, 0.3) is 5.91 Å².